The molecule has 0 spiro atoms. The van der Waals surface area contributed by atoms with Crippen LogP contribution in [0.5, 0.6) is 0 Å². The van der Waals surface area contributed by atoms with E-state index in [2.05, 4.69) is 10.2 Å². The number of nitrogens with zero attached hydrogens (tertiary/aromatic N) is 1. The van der Waals surface area contributed by atoms with Crippen LogP contribution in [0.25, 0.3) is 10.8 Å². The molecule has 0 unspecified atom stereocenters. The fourth-order valence-corrected chi connectivity index (χ4v) is 5.28. The van der Waals surface area contributed by atoms with Crippen molar-refractivity contribution in [2.45, 2.75) is 0 Å². The Labute approximate surface area is 133 Å². The Morgan fingerprint density at radius 1 is 0.952 bits per heavy atom. The van der Waals surface area contributed by atoms with Crippen LogP contribution in [0, 0.1) is 0 Å². The van der Waals surface area contributed by atoms with Crippen molar-refractivity contribution in [1.82, 2.24) is 4.67 Å². The molecule has 0 atom stereocenters. The van der Waals surface area contributed by atoms with Crippen molar-refractivity contribution in [3.05, 3.63) is 36.4 Å². The summed E-state index contributed by atoms with van der Waals surface area (Å²) < 4.78 is 14.9. The van der Waals surface area contributed by atoms with Gasteiger partial charge in [0.25, 0.3) is 0 Å². The molecule has 4 nitrogen and oxygen atoms in total. The molecule has 0 amide bonds. The Kier molecular flexibility index (Phi) is 4.32. The standard InChI is InChI=1S/C14H16Cl2N3OP/c15-5-7-19(8-6-16)21(20)17-13-9-11-3-1-2-4-12(11)10-14(13)18-21/h1-4,9-10H,5-8H2,(H2,17,18,20). The molecule has 0 aromatic heterocycles. The Bertz CT molecular complexity index is 655. The maximum atomic E-state index is 13.1. The second-order valence-electron chi connectivity index (χ2n) is 4.88. The largest absolute Gasteiger partial charge is 0.330 e. The zero-order chi connectivity index (χ0) is 14.9. The number of hydrogen-bond acceptors (Lipinski definition) is 1. The molecule has 2 aromatic rings. The summed E-state index contributed by atoms with van der Waals surface area (Å²) in [6.07, 6.45) is 0. The molecule has 0 bridgehead atoms. The van der Waals surface area contributed by atoms with E-state index < -0.39 is 7.59 Å². The second kappa shape index (κ2) is 6.05. The van der Waals surface area contributed by atoms with Crippen LogP contribution >= 0.6 is 30.8 Å². The lowest BCUT2D eigenvalue weighted by atomic mass is 10.1. The second-order valence-corrected chi connectivity index (χ2v) is 7.80. The minimum absolute atomic E-state index is 0.405. The Balaban J connectivity index is 1.95. The summed E-state index contributed by atoms with van der Waals surface area (Å²) in [5.41, 5.74) is 1.71. The molecule has 21 heavy (non-hydrogen) atoms. The summed E-state index contributed by atoms with van der Waals surface area (Å²) in [6, 6.07) is 12.1. The quantitative estimate of drug-likeness (QED) is 0.616. The van der Waals surface area contributed by atoms with Gasteiger partial charge in [-0.3, -0.25) is 4.57 Å². The van der Waals surface area contributed by atoms with Crippen LogP contribution in [0.4, 0.5) is 11.4 Å². The van der Waals surface area contributed by atoms with Gasteiger partial charge in [0.2, 0.25) is 0 Å². The topological polar surface area (TPSA) is 44.4 Å². The predicted octanol–water partition coefficient (Wildman–Crippen LogP) is 4.56. The average Bonchev–Trinajstić information content (AvgIpc) is 2.80. The number of rotatable bonds is 5. The Morgan fingerprint density at radius 3 is 1.86 bits per heavy atom. The van der Waals surface area contributed by atoms with E-state index in [0.29, 0.717) is 24.8 Å². The number of alkyl halides is 2. The van der Waals surface area contributed by atoms with Gasteiger partial charge in [-0.2, -0.15) is 0 Å². The first-order valence-corrected chi connectivity index (χ1v) is 9.46. The lowest BCUT2D eigenvalue weighted by Crippen LogP contribution is -2.29. The van der Waals surface area contributed by atoms with Crippen LogP contribution in [0.2, 0.25) is 0 Å². The highest BCUT2D eigenvalue weighted by atomic mass is 35.5. The van der Waals surface area contributed by atoms with Crippen LogP contribution in [-0.2, 0) is 4.57 Å². The summed E-state index contributed by atoms with van der Waals surface area (Å²) in [7, 11) is -2.92. The highest BCUT2D eigenvalue weighted by Crippen LogP contribution is 2.57. The fourth-order valence-electron chi connectivity index (χ4n) is 2.51. The number of hydrogen-bond donors (Lipinski definition) is 2. The molecule has 0 saturated heterocycles. The lowest BCUT2D eigenvalue weighted by Gasteiger charge is -2.27. The fraction of sp³-hybridized carbons (Fsp3) is 0.286. The third-order valence-electron chi connectivity index (χ3n) is 3.51. The molecule has 2 aromatic carbocycles. The van der Waals surface area contributed by atoms with E-state index in [1.54, 1.807) is 4.67 Å². The number of benzene rings is 2. The number of halogens is 2. The van der Waals surface area contributed by atoms with Crippen molar-refractivity contribution in [3.63, 3.8) is 0 Å². The van der Waals surface area contributed by atoms with E-state index in [1.165, 1.54) is 0 Å². The maximum absolute atomic E-state index is 13.1. The van der Waals surface area contributed by atoms with Gasteiger partial charge < -0.3 is 10.2 Å². The van der Waals surface area contributed by atoms with Crippen LogP contribution in [0.1, 0.15) is 0 Å². The molecule has 0 radical (unpaired) electrons. The van der Waals surface area contributed by atoms with Gasteiger partial charge in [-0.25, -0.2) is 4.67 Å². The summed E-state index contributed by atoms with van der Waals surface area (Å²) in [5.74, 6) is 0.811. The molecule has 1 aliphatic rings. The molecule has 1 heterocycles. The first kappa shape index (κ1) is 15.0. The van der Waals surface area contributed by atoms with Crippen LogP contribution in [0.3, 0.4) is 0 Å². The summed E-state index contributed by atoms with van der Waals surface area (Å²) in [6.45, 7) is 1.03. The third kappa shape index (κ3) is 2.86. The molecular weight excluding hydrogens is 328 g/mol. The van der Waals surface area contributed by atoms with Gasteiger partial charge in [-0.05, 0) is 22.9 Å². The van der Waals surface area contributed by atoms with E-state index in [9.17, 15) is 4.57 Å². The Hall–Kier alpha value is -0.930. The monoisotopic (exact) mass is 343 g/mol. The number of anilines is 2. The average molecular weight is 344 g/mol. The van der Waals surface area contributed by atoms with E-state index in [-0.39, 0.29) is 0 Å². The molecular formula is C14H16Cl2N3OP. The van der Waals surface area contributed by atoms with E-state index >= 15 is 0 Å². The molecule has 7 heteroatoms. The van der Waals surface area contributed by atoms with Gasteiger partial charge in [-0.15, -0.1) is 23.2 Å². The Morgan fingerprint density at radius 2 is 1.43 bits per heavy atom. The molecule has 1 aliphatic heterocycles. The van der Waals surface area contributed by atoms with Gasteiger partial charge in [0.05, 0.1) is 11.4 Å². The molecule has 2 N–H and O–H groups in total. The van der Waals surface area contributed by atoms with E-state index in [4.69, 9.17) is 23.2 Å². The van der Waals surface area contributed by atoms with Crippen molar-refractivity contribution in [3.8, 4) is 0 Å². The highest BCUT2D eigenvalue weighted by Gasteiger charge is 2.36. The van der Waals surface area contributed by atoms with Gasteiger partial charge in [0, 0.05) is 24.8 Å². The normalized spacial score (nSPS) is 15.8. The van der Waals surface area contributed by atoms with Crippen molar-refractivity contribution < 1.29 is 4.57 Å². The predicted molar refractivity (Wildman–Crippen MR) is 91.8 cm³/mol. The minimum atomic E-state index is -2.92. The SMILES string of the molecule is O=P1(N(CCCl)CCCl)Nc2cc3ccccc3cc2N1. The van der Waals surface area contributed by atoms with Crippen LogP contribution in [0.15, 0.2) is 36.4 Å². The third-order valence-corrected chi connectivity index (χ3v) is 6.14. The molecule has 112 valence electrons. The van der Waals surface area contributed by atoms with Crippen molar-refractivity contribution >= 4 is 52.9 Å². The summed E-state index contributed by atoms with van der Waals surface area (Å²) in [5, 5.41) is 8.47. The smallest absolute Gasteiger partial charge is 0.306 e. The number of nitrogens with one attached hydrogen (secondary N) is 2. The highest BCUT2D eigenvalue weighted by molar-refractivity contribution is 7.65. The number of fused-ring (bicyclic) bond motifs is 2. The van der Waals surface area contributed by atoms with Crippen molar-refractivity contribution in [2.75, 3.05) is 35.0 Å². The summed E-state index contributed by atoms with van der Waals surface area (Å²) in [4.78, 5) is 0. The van der Waals surface area contributed by atoms with Crippen LogP contribution < -0.4 is 10.2 Å². The molecule has 0 fully saturated rings. The molecule has 0 saturated carbocycles. The van der Waals surface area contributed by atoms with Gasteiger partial charge in [0.1, 0.15) is 0 Å². The van der Waals surface area contributed by atoms with E-state index in [1.807, 2.05) is 36.4 Å². The van der Waals surface area contributed by atoms with Crippen LogP contribution in [-0.4, -0.2) is 29.5 Å². The van der Waals surface area contributed by atoms with E-state index in [0.717, 1.165) is 22.1 Å². The van der Waals surface area contributed by atoms with Gasteiger partial charge in [0.15, 0.2) is 0 Å². The van der Waals surface area contributed by atoms with Crippen molar-refractivity contribution in [2.24, 2.45) is 0 Å². The lowest BCUT2D eigenvalue weighted by molar-refractivity contribution is 0.455. The summed E-state index contributed by atoms with van der Waals surface area (Å²) >= 11 is 11.6. The zero-order valence-corrected chi connectivity index (χ0v) is 13.8. The molecule has 0 aliphatic carbocycles. The first-order valence-electron chi connectivity index (χ1n) is 6.73. The van der Waals surface area contributed by atoms with Gasteiger partial charge in [-0.1, -0.05) is 24.3 Å². The maximum Gasteiger partial charge on any atom is 0.330 e. The van der Waals surface area contributed by atoms with Gasteiger partial charge >= 0.3 is 7.59 Å². The zero-order valence-electron chi connectivity index (χ0n) is 11.4. The van der Waals surface area contributed by atoms with Crippen molar-refractivity contribution in [1.29, 1.82) is 0 Å². The minimum Gasteiger partial charge on any atom is -0.306 e. The first-order chi connectivity index (χ1) is 10.2. The molecule has 3 rings (SSSR count).